The topological polar surface area (TPSA) is 97.4 Å². The first-order valence-corrected chi connectivity index (χ1v) is 10.3. The van der Waals surface area contributed by atoms with E-state index in [1.807, 2.05) is 24.3 Å². The van der Waals surface area contributed by atoms with E-state index in [-0.39, 0.29) is 5.41 Å². The van der Waals surface area contributed by atoms with Crippen LogP contribution >= 0.6 is 0 Å². The fraction of sp³-hybridized carbons (Fsp3) is 0.478. The van der Waals surface area contributed by atoms with Crippen molar-refractivity contribution in [2.45, 2.75) is 53.1 Å². The van der Waals surface area contributed by atoms with Crippen molar-refractivity contribution in [3.05, 3.63) is 41.1 Å². The lowest BCUT2D eigenvalue weighted by Gasteiger charge is -2.35. The Morgan fingerprint density at radius 1 is 1.20 bits per heavy atom. The molecule has 0 fully saturated rings. The zero-order valence-electron chi connectivity index (χ0n) is 18.2. The van der Waals surface area contributed by atoms with Crippen molar-refractivity contribution in [2.24, 2.45) is 11.3 Å². The van der Waals surface area contributed by atoms with Gasteiger partial charge in [0.15, 0.2) is 6.10 Å². The molecule has 1 aliphatic rings. The summed E-state index contributed by atoms with van der Waals surface area (Å²) in [5.41, 5.74) is 3.14. The van der Waals surface area contributed by atoms with Crippen molar-refractivity contribution < 1.29 is 19.1 Å². The van der Waals surface area contributed by atoms with Crippen LogP contribution in [-0.2, 0) is 22.4 Å². The normalized spacial score (nSPS) is 17.0. The number of urea groups is 1. The lowest BCUT2D eigenvalue weighted by molar-refractivity contribution is -0.127. The number of nitrogens with one attached hydrogen (secondary N) is 2. The summed E-state index contributed by atoms with van der Waals surface area (Å²) < 4.78 is 5.48. The maximum Gasteiger partial charge on any atom is 0.339 e. The molecule has 1 aromatic heterocycles. The van der Waals surface area contributed by atoms with Gasteiger partial charge in [-0.2, -0.15) is 0 Å². The van der Waals surface area contributed by atoms with Gasteiger partial charge in [-0.15, -0.1) is 0 Å². The van der Waals surface area contributed by atoms with Gasteiger partial charge in [-0.25, -0.2) is 9.59 Å². The number of para-hydroxylation sites is 1. The Labute approximate surface area is 176 Å². The van der Waals surface area contributed by atoms with Crippen LogP contribution in [-0.4, -0.2) is 36.0 Å². The zero-order chi connectivity index (χ0) is 22.1. The first kappa shape index (κ1) is 21.7. The summed E-state index contributed by atoms with van der Waals surface area (Å²) in [5, 5.41) is 5.15. The van der Waals surface area contributed by atoms with Crippen molar-refractivity contribution in [1.29, 1.82) is 0 Å². The number of imide groups is 1. The number of carbonyl (C=O) groups excluding carboxylic acids is 3. The lowest BCUT2D eigenvalue weighted by atomic mass is 9.70. The Kier molecular flexibility index (Phi) is 6.10. The fourth-order valence-corrected chi connectivity index (χ4v) is 3.91. The standard InChI is InChI=1S/C23H29N3O4/c1-13(20(27)26-22(29)24-5)30-21(28)19-15-8-6-7-9-17(15)25-18-11-10-14(12-16(18)19)23(2,3)4/h6-9,13-14H,10-12H2,1-5H3,(H2,24,26,27,29). The minimum Gasteiger partial charge on any atom is -0.449 e. The van der Waals surface area contributed by atoms with E-state index in [0.717, 1.165) is 41.4 Å². The van der Waals surface area contributed by atoms with E-state index in [9.17, 15) is 14.4 Å². The van der Waals surface area contributed by atoms with E-state index >= 15 is 0 Å². The van der Waals surface area contributed by atoms with Gasteiger partial charge in [-0.1, -0.05) is 39.0 Å². The minimum atomic E-state index is -1.11. The molecule has 2 unspecified atom stereocenters. The number of ether oxygens (including phenoxy) is 1. The van der Waals surface area contributed by atoms with E-state index in [2.05, 4.69) is 31.4 Å². The quantitative estimate of drug-likeness (QED) is 0.755. The molecule has 7 heteroatoms. The number of nitrogens with zero attached hydrogens (tertiary/aromatic N) is 1. The average Bonchev–Trinajstić information content (AvgIpc) is 2.70. The first-order chi connectivity index (χ1) is 14.1. The van der Waals surface area contributed by atoms with Gasteiger partial charge in [0.1, 0.15) is 0 Å². The Morgan fingerprint density at radius 3 is 2.57 bits per heavy atom. The van der Waals surface area contributed by atoms with Crippen molar-refractivity contribution in [1.82, 2.24) is 15.6 Å². The summed E-state index contributed by atoms with van der Waals surface area (Å²) >= 11 is 0. The van der Waals surface area contributed by atoms with Crippen LogP contribution in [0.3, 0.4) is 0 Å². The SMILES string of the molecule is CNC(=O)NC(=O)C(C)OC(=O)c1c2c(nc3ccccc13)CCC(C(C)(C)C)C2. The summed E-state index contributed by atoms with van der Waals surface area (Å²) in [4.78, 5) is 41.6. The summed E-state index contributed by atoms with van der Waals surface area (Å²) in [6, 6.07) is 6.83. The third-order valence-corrected chi connectivity index (χ3v) is 5.80. The Balaban J connectivity index is 1.98. The molecule has 2 N–H and O–H groups in total. The second-order valence-electron chi connectivity index (χ2n) is 8.85. The molecule has 1 aliphatic carbocycles. The van der Waals surface area contributed by atoms with Gasteiger partial charge >= 0.3 is 12.0 Å². The molecule has 3 amide bonds. The second-order valence-corrected chi connectivity index (χ2v) is 8.85. The molecule has 2 aromatic rings. The van der Waals surface area contributed by atoms with Gasteiger partial charge in [-0.05, 0) is 49.1 Å². The number of amides is 3. The van der Waals surface area contributed by atoms with Crippen LogP contribution in [0, 0.1) is 11.3 Å². The molecular formula is C23H29N3O4. The fourth-order valence-electron chi connectivity index (χ4n) is 3.91. The maximum absolute atomic E-state index is 13.2. The Morgan fingerprint density at radius 2 is 1.90 bits per heavy atom. The van der Waals surface area contributed by atoms with E-state index in [4.69, 9.17) is 9.72 Å². The number of aryl methyl sites for hydroxylation is 1. The summed E-state index contributed by atoms with van der Waals surface area (Å²) in [6.45, 7) is 8.07. The van der Waals surface area contributed by atoms with Crippen LogP contribution in [0.1, 0.15) is 55.7 Å². The van der Waals surface area contributed by atoms with Crippen LogP contribution < -0.4 is 10.6 Å². The number of esters is 1. The molecule has 1 aromatic carbocycles. The highest BCUT2D eigenvalue weighted by Gasteiger charge is 2.33. The van der Waals surface area contributed by atoms with E-state index < -0.39 is 24.0 Å². The molecule has 160 valence electrons. The number of fused-ring (bicyclic) bond motifs is 2. The van der Waals surface area contributed by atoms with Crippen molar-refractivity contribution in [2.75, 3.05) is 7.05 Å². The molecular weight excluding hydrogens is 382 g/mol. The molecule has 0 saturated heterocycles. The van der Waals surface area contributed by atoms with E-state index in [1.54, 1.807) is 0 Å². The van der Waals surface area contributed by atoms with Crippen molar-refractivity contribution in [3.8, 4) is 0 Å². The van der Waals surface area contributed by atoms with E-state index in [1.165, 1.54) is 14.0 Å². The van der Waals surface area contributed by atoms with Crippen LogP contribution in [0.25, 0.3) is 10.9 Å². The number of carbonyl (C=O) groups is 3. The van der Waals surface area contributed by atoms with Gasteiger partial charge in [-0.3, -0.25) is 15.1 Å². The maximum atomic E-state index is 13.2. The number of benzene rings is 1. The minimum absolute atomic E-state index is 0.102. The molecule has 2 atom stereocenters. The van der Waals surface area contributed by atoms with Crippen molar-refractivity contribution in [3.63, 3.8) is 0 Å². The highest BCUT2D eigenvalue weighted by Crippen LogP contribution is 2.39. The number of hydrogen-bond donors (Lipinski definition) is 2. The number of pyridine rings is 1. The molecule has 1 heterocycles. The van der Waals surface area contributed by atoms with Gasteiger partial charge < -0.3 is 10.1 Å². The van der Waals surface area contributed by atoms with Gasteiger partial charge in [0.25, 0.3) is 5.91 Å². The molecule has 0 radical (unpaired) electrons. The molecule has 0 aliphatic heterocycles. The van der Waals surface area contributed by atoms with Gasteiger partial charge in [0.05, 0.1) is 11.1 Å². The first-order valence-electron chi connectivity index (χ1n) is 10.3. The second kappa shape index (κ2) is 8.42. The molecule has 0 saturated carbocycles. The third-order valence-electron chi connectivity index (χ3n) is 5.80. The molecule has 7 nitrogen and oxygen atoms in total. The summed E-state index contributed by atoms with van der Waals surface area (Å²) in [5.74, 6) is -0.838. The number of hydrogen-bond acceptors (Lipinski definition) is 5. The summed E-state index contributed by atoms with van der Waals surface area (Å²) in [7, 11) is 1.40. The lowest BCUT2D eigenvalue weighted by Crippen LogP contribution is -2.43. The van der Waals surface area contributed by atoms with Crippen molar-refractivity contribution >= 4 is 28.8 Å². The predicted molar refractivity (Wildman–Crippen MR) is 114 cm³/mol. The molecule has 0 bridgehead atoms. The van der Waals surface area contributed by atoms with Gasteiger partial charge in [0, 0.05) is 18.1 Å². The average molecular weight is 412 g/mol. The third kappa shape index (κ3) is 4.45. The smallest absolute Gasteiger partial charge is 0.339 e. The molecule has 30 heavy (non-hydrogen) atoms. The van der Waals surface area contributed by atoms with Crippen LogP contribution in [0.5, 0.6) is 0 Å². The highest BCUT2D eigenvalue weighted by molar-refractivity contribution is 6.06. The number of aromatic nitrogens is 1. The Hall–Kier alpha value is -2.96. The molecule has 3 rings (SSSR count). The van der Waals surface area contributed by atoms with Crippen LogP contribution in [0.15, 0.2) is 24.3 Å². The van der Waals surface area contributed by atoms with Crippen LogP contribution in [0.2, 0.25) is 0 Å². The largest absolute Gasteiger partial charge is 0.449 e. The monoisotopic (exact) mass is 411 g/mol. The molecule has 0 spiro atoms. The van der Waals surface area contributed by atoms with Gasteiger partial charge in [0.2, 0.25) is 0 Å². The zero-order valence-corrected chi connectivity index (χ0v) is 18.2. The Bertz CT molecular complexity index is 994. The highest BCUT2D eigenvalue weighted by atomic mass is 16.5. The summed E-state index contributed by atoms with van der Waals surface area (Å²) in [6.07, 6.45) is 1.44. The predicted octanol–water partition coefficient (Wildman–Crippen LogP) is 3.39. The number of rotatable bonds is 3. The van der Waals surface area contributed by atoms with Crippen LogP contribution in [0.4, 0.5) is 4.79 Å². The van der Waals surface area contributed by atoms with E-state index in [0.29, 0.717) is 11.5 Å².